The van der Waals surface area contributed by atoms with E-state index in [9.17, 15) is 4.79 Å². The molecule has 2 amide bonds. The highest BCUT2D eigenvalue weighted by atomic mass is 16.2. The van der Waals surface area contributed by atoms with E-state index in [2.05, 4.69) is 36.4 Å². The summed E-state index contributed by atoms with van der Waals surface area (Å²) in [6.07, 6.45) is 8.56. The molecule has 4 nitrogen and oxygen atoms in total. The minimum atomic E-state index is 0.00324. The van der Waals surface area contributed by atoms with Crippen molar-refractivity contribution in [2.75, 3.05) is 20.1 Å². The van der Waals surface area contributed by atoms with Crippen LogP contribution in [-0.4, -0.2) is 42.6 Å². The van der Waals surface area contributed by atoms with E-state index in [-0.39, 0.29) is 11.6 Å². The summed E-state index contributed by atoms with van der Waals surface area (Å²) in [6.45, 7) is 6.83. The van der Waals surface area contributed by atoms with Crippen LogP contribution in [0.25, 0.3) is 0 Å². The highest BCUT2D eigenvalue weighted by molar-refractivity contribution is 5.75. The molecule has 1 heterocycles. The van der Waals surface area contributed by atoms with E-state index in [1.807, 2.05) is 0 Å². The molecule has 3 rings (SSSR count). The summed E-state index contributed by atoms with van der Waals surface area (Å²) in [6, 6.07) is 0.410. The molecule has 0 aromatic heterocycles. The molecule has 0 aromatic rings. The Morgan fingerprint density at radius 1 is 1.09 bits per heavy atom. The molecule has 1 aliphatic heterocycles. The molecule has 22 heavy (non-hydrogen) atoms. The van der Waals surface area contributed by atoms with Gasteiger partial charge in [-0.2, -0.15) is 0 Å². The molecule has 2 unspecified atom stereocenters. The Balaban J connectivity index is 1.50. The molecular formula is C18H33N3O. The Hall–Kier alpha value is -0.770. The summed E-state index contributed by atoms with van der Waals surface area (Å²) in [5.74, 6) is 2.51. The zero-order valence-electron chi connectivity index (χ0n) is 14.5. The second kappa shape index (κ2) is 6.38. The summed E-state index contributed by atoms with van der Waals surface area (Å²) in [7, 11) is 2.15. The monoisotopic (exact) mass is 307 g/mol. The van der Waals surface area contributed by atoms with Crippen molar-refractivity contribution >= 4 is 6.03 Å². The van der Waals surface area contributed by atoms with Crippen molar-refractivity contribution in [1.82, 2.24) is 15.5 Å². The summed E-state index contributed by atoms with van der Waals surface area (Å²) in [4.78, 5) is 14.7. The first-order valence-corrected chi connectivity index (χ1v) is 9.19. The lowest BCUT2D eigenvalue weighted by Crippen LogP contribution is -2.57. The Morgan fingerprint density at radius 3 is 2.27 bits per heavy atom. The van der Waals surface area contributed by atoms with Crippen LogP contribution in [0.5, 0.6) is 0 Å². The lowest BCUT2D eigenvalue weighted by molar-refractivity contribution is 0.0777. The number of nitrogens with one attached hydrogen (secondary N) is 2. The van der Waals surface area contributed by atoms with Crippen LogP contribution in [-0.2, 0) is 0 Å². The van der Waals surface area contributed by atoms with Crippen LogP contribution >= 0.6 is 0 Å². The molecule has 0 radical (unpaired) electrons. The topological polar surface area (TPSA) is 44.4 Å². The minimum Gasteiger partial charge on any atom is -0.335 e. The maximum Gasteiger partial charge on any atom is 0.315 e. The van der Waals surface area contributed by atoms with E-state index in [0.717, 1.165) is 56.5 Å². The van der Waals surface area contributed by atoms with Crippen LogP contribution in [0.15, 0.2) is 0 Å². The molecule has 2 saturated carbocycles. The zero-order chi connectivity index (χ0) is 15.7. The number of fused-ring (bicyclic) bond motifs is 2. The number of amides is 2. The van der Waals surface area contributed by atoms with Crippen molar-refractivity contribution in [3.63, 3.8) is 0 Å². The van der Waals surface area contributed by atoms with E-state index in [1.54, 1.807) is 0 Å². The van der Waals surface area contributed by atoms with Crippen molar-refractivity contribution in [2.24, 2.45) is 17.8 Å². The predicted molar refractivity (Wildman–Crippen MR) is 89.8 cm³/mol. The first-order chi connectivity index (χ1) is 10.4. The maximum absolute atomic E-state index is 12.4. The van der Waals surface area contributed by atoms with E-state index in [4.69, 9.17) is 0 Å². The third kappa shape index (κ3) is 3.95. The number of hydrogen-bond donors (Lipinski definition) is 2. The molecule has 4 heteroatoms. The van der Waals surface area contributed by atoms with Crippen LogP contribution in [0.4, 0.5) is 4.79 Å². The van der Waals surface area contributed by atoms with Crippen molar-refractivity contribution < 1.29 is 4.79 Å². The van der Waals surface area contributed by atoms with Gasteiger partial charge in [0.05, 0.1) is 0 Å². The van der Waals surface area contributed by atoms with Gasteiger partial charge >= 0.3 is 6.03 Å². The van der Waals surface area contributed by atoms with E-state index < -0.39 is 0 Å². The van der Waals surface area contributed by atoms with Gasteiger partial charge in [0.1, 0.15) is 0 Å². The van der Waals surface area contributed by atoms with Crippen LogP contribution in [0, 0.1) is 17.8 Å². The van der Waals surface area contributed by atoms with E-state index >= 15 is 0 Å². The predicted octanol–water partition coefficient (Wildman–Crippen LogP) is 2.98. The van der Waals surface area contributed by atoms with Gasteiger partial charge in [-0.1, -0.05) is 6.92 Å². The van der Waals surface area contributed by atoms with Crippen molar-refractivity contribution in [1.29, 1.82) is 0 Å². The second-order valence-electron chi connectivity index (χ2n) is 8.69. The molecule has 2 aliphatic carbocycles. The quantitative estimate of drug-likeness (QED) is 0.824. The molecule has 1 saturated heterocycles. The average molecular weight is 307 g/mol. The Labute approximate surface area is 135 Å². The Morgan fingerprint density at radius 2 is 1.68 bits per heavy atom. The minimum absolute atomic E-state index is 0.00324. The molecule has 2 N–H and O–H groups in total. The first kappa shape index (κ1) is 16.1. The fraction of sp³-hybridized carbons (Fsp3) is 0.944. The van der Waals surface area contributed by atoms with Gasteiger partial charge in [0, 0.05) is 11.6 Å². The third-order valence-corrected chi connectivity index (χ3v) is 6.09. The number of hydrogen-bond acceptors (Lipinski definition) is 2. The van der Waals surface area contributed by atoms with Gasteiger partial charge in [0.2, 0.25) is 0 Å². The maximum atomic E-state index is 12.4. The van der Waals surface area contributed by atoms with Gasteiger partial charge in [-0.3, -0.25) is 0 Å². The number of carbonyl (C=O) groups excluding carboxylic acids is 1. The molecule has 2 bridgehead atoms. The SMILES string of the molecule is CC1CC2CC(C1)CC(C)(NC(=O)NC1CCN(C)CC1)C2. The number of urea groups is 1. The second-order valence-corrected chi connectivity index (χ2v) is 8.69. The van der Waals surface area contributed by atoms with Gasteiger partial charge in [-0.15, -0.1) is 0 Å². The first-order valence-electron chi connectivity index (χ1n) is 9.19. The molecule has 3 fully saturated rings. The van der Waals surface area contributed by atoms with Gasteiger partial charge in [0.25, 0.3) is 0 Å². The number of rotatable bonds is 2. The van der Waals surface area contributed by atoms with Crippen molar-refractivity contribution in [3.05, 3.63) is 0 Å². The number of likely N-dealkylation sites (tertiary alicyclic amines) is 1. The van der Waals surface area contributed by atoms with Gasteiger partial charge in [0.15, 0.2) is 0 Å². The smallest absolute Gasteiger partial charge is 0.315 e. The molecule has 2 atom stereocenters. The summed E-state index contributed by atoms with van der Waals surface area (Å²) >= 11 is 0. The Kier molecular flexibility index (Phi) is 4.67. The fourth-order valence-corrected chi connectivity index (χ4v) is 5.34. The summed E-state index contributed by atoms with van der Waals surface area (Å²) < 4.78 is 0. The molecule has 0 aromatic carbocycles. The van der Waals surface area contributed by atoms with Gasteiger partial charge in [-0.05, 0) is 89.8 Å². The number of piperidine rings is 1. The van der Waals surface area contributed by atoms with E-state index in [1.165, 1.54) is 19.3 Å². The van der Waals surface area contributed by atoms with Crippen LogP contribution < -0.4 is 10.6 Å². The number of carbonyl (C=O) groups is 1. The zero-order valence-corrected chi connectivity index (χ0v) is 14.5. The Bertz CT molecular complexity index is 385. The molecule has 126 valence electrons. The standard InChI is InChI=1S/C18H33N3O/c1-13-8-14-10-15(9-13)12-18(2,11-14)20-17(22)19-16-4-6-21(3)7-5-16/h13-16H,4-12H2,1-3H3,(H2,19,20,22). The highest BCUT2D eigenvalue weighted by Gasteiger charge is 2.41. The fourth-order valence-electron chi connectivity index (χ4n) is 5.34. The molecular weight excluding hydrogens is 274 g/mol. The van der Waals surface area contributed by atoms with Crippen LogP contribution in [0.2, 0.25) is 0 Å². The summed E-state index contributed by atoms with van der Waals surface area (Å²) in [5, 5.41) is 6.54. The lowest BCUT2D eigenvalue weighted by atomic mass is 9.63. The van der Waals surface area contributed by atoms with E-state index in [0.29, 0.717) is 6.04 Å². The summed E-state index contributed by atoms with van der Waals surface area (Å²) in [5.41, 5.74) is 0.00324. The number of nitrogens with zero attached hydrogens (tertiary/aromatic N) is 1. The van der Waals surface area contributed by atoms with Crippen LogP contribution in [0.3, 0.4) is 0 Å². The van der Waals surface area contributed by atoms with Crippen LogP contribution in [0.1, 0.15) is 58.8 Å². The van der Waals surface area contributed by atoms with Gasteiger partial charge < -0.3 is 15.5 Å². The molecule has 0 spiro atoms. The lowest BCUT2D eigenvalue weighted by Gasteiger charge is -2.47. The molecule has 3 aliphatic rings. The van der Waals surface area contributed by atoms with Crippen molar-refractivity contribution in [2.45, 2.75) is 70.4 Å². The third-order valence-electron chi connectivity index (χ3n) is 6.09. The normalized spacial score (nSPS) is 40.2. The average Bonchev–Trinajstić information content (AvgIpc) is 2.38. The van der Waals surface area contributed by atoms with Gasteiger partial charge in [-0.25, -0.2) is 4.79 Å². The highest BCUT2D eigenvalue weighted by Crippen LogP contribution is 2.46. The largest absolute Gasteiger partial charge is 0.335 e. The van der Waals surface area contributed by atoms with Crippen molar-refractivity contribution in [3.8, 4) is 0 Å².